The van der Waals surface area contributed by atoms with Gasteiger partial charge in [-0.05, 0) is 35.6 Å². The lowest BCUT2D eigenvalue weighted by atomic mass is 9.80. The van der Waals surface area contributed by atoms with E-state index in [0.29, 0.717) is 12.5 Å². The first-order chi connectivity index (χ1) is 11.5. The summed E-state index contributed by atoms with van der Waals surface area (Å²) in [6.45, 7) is 3.62. The summed E-state index contributed by atoms with van der Waals surface area (Å²) in [5.74, 6) is -0.264. The van der Waals surface area contributed by atoms with Gasteiger partial charge in [0.05, 0.1) is 19.5 Å². The van der Waals surface area contributed by atoms with Crippen LogP contribution in [0.1, 0.15) is 24.8 Å². The topological polar surface area (TPSA) is 57.5 Å². The summed E-state index contributed by atoms with van der Waals surface area (Å²) in [5, 5.41) is 19.7. The molecule has 3 heterocycles. The van der Waals surface area contributed by atoms with Gasteiger partial charge in [0.1, 0.15) is 19.2 Å². The van der Waals surface area contributed by atoms with Crippen molar-refractivity contribution in [2.24, 2.45) is 5.92 Å². The van der Waals surface area contributed by atoms with Crippen LogP contribution < -0.4 is 0 Å². The van der Waals surface area contributed by atoms with E-state index in [9.17, 15) is 9.90 Å². The first-order valence-electron chi connectivity index (χ1n) is 8.64. The van der Waals surface area contributed by atoms with Crippen molar-refractivity contribution in [2.75, 3.05) is 26.2 Å². The third kappa shape index (κ3) is 4.18. The Kier molecular flexibility index (Phi) is 5.28. The summed E-state index contributed by atoms with van der Waals surface area (Å²) in [5.41, 5.74) is 2.73. The number of nitrogens with zero attached hydrogens (tertiary/aromatic N) is 1. The first-order valence-corrected chi connectivity index (χ1v) is 9.02. The molecule has 0 aromatic heterocycles. The lowest BCUT2D eigenvalue weighted by Gasteiger charge is -2.51. The number of halogens is 1. The van der Waals surface area contributed by atoms with Gasteiger partial charge in [-0.15, -0.1) is 0 Å². The molecule has 0 saturated carbocycles. The number of aliphatic carboxylic acids is 1. The van der Waals surface area contributed by atoms with Crippen LogP contribution in [0, 0.1) is 5.92 Å². The van der Waals surface area contributed by atoms with Gasteiger partial charge in [-0.3, -0.25) is 4.79 Å². The Hall–Kier alpha value is -1.36. The number of aliphatic hydroxyl groups is 1. The van der Waals surface area contributed by atoms with Gasteiger partial charge in [0.15, 0.2) is 0 Å². The minimum atomic E-state index is -0.925. The second-order valence-corrected chi connectivity index (χ2v) is 7.70. The van der Waals surface area contributed by atoms with Crippen molar-refractivity contribution in [3.8, 4) is 0 Å². The molecule has 5 heteroatoms. The highest BCUT2D eigenvalue weighted by molar-refractivity contribution is 6.30. The van der Waals surface area contributed by atoms with Crippen molar-refractivity contribution in [3.05, 3.63) is 46.5 Å². The van der Waals surface area contributed by atoms with Crippen molar-refractivity contribution >= 4 is 17.6 Å². The molecule has 3 saturated heterocycles. The number of fused-ring (bicyclic) bond motifs is 3. The minimum Gasteiger partial charge on any atom is -0.481 e. The Morgan fingerprint density at radius 2 is 1.96 bits per heavy atom. The minimum absolute atomic E-state index is 0.159. The average molecular weight is 351 g/mol. The number of hydrogen-bond donors (Lipinski definition) is 2. The molecular formula is C19H25ClNO3+. The van der Waals surface area contributed by atoms with Crippen molar-refractivity contribution in [1.82, 2.24) is 0 Å². The van der Waals surface area contributed by atoms with Gasteiger partial charge >= 0.3 is 5.97 Å². The molecule has 2 N–H and O–H groups in total. The molecule has 24 heavy (non-hydrogen) atoms. The number of piperidine rings is 3. The van der Waals surface area contributed by atoms with Crippen LogP contribution in [-0.4, -0.2) is 52.9 Å². The van der Waals surface area contributed by atoms with Gasteiger partial charge < -0.3 is 14.7 Å². The second kappa shape index (κ2) is 7.26. The Labute approximate surface area is 147 Å². The smallest absolute Gasteiger partial charge is 0.306 e. The number of hydrogen-bond acceptors (Lipinski definition) is 2. The normalized spacial score (nSPS) is 28.9. The van der Waals surface area contributed by atoms with Crippen LogP contribution in [0.2, 0.25) is 5.02 Å². The van der Waals surface area contributed by atoms with Gasteiger partial charge in [0.25, 0.3) is 0 Å². The van der Waals surface area contributed by atoms with Crippen LogP contribution in [0.15, 0.2) is 35.9 Å². The standard InChI is InChI=1S/C19H24ClNO3/c20-17-5-2-14(3-6-17)1-4-16-12-21(9-7-15(16)8-10-21)13-18(22)11-19(23)24/h2-6,15,18,22H,1,7-13H2/p+1. The zero-order chi connectivity index (χ0) is 17.2. The Morgan fingerprint density at radius 3 is 2.58 bits per heavy atom. The van der Waals surface area contributed by atoms with Crippen molar-refractivity contribution < 1.29 is 19.5 Å². The predicted molar refractivity (Wildman–Crippen MR) is 94.0 cm³/mol. The first kappa shape index (κ1) is 17.5. The Morgan fingerprint density at radius 1 is 1.29 bits per heavy atom. The van der Waals surface area contributed by atoms with Gasteiger partial charge in [0, 0.05) is 17.9 Å². The number of benzene rings is 1. The second-order valence-electron chi connectivity index (χ2n) is 7.27. The van der Waals surface area contributed by atoms with E-state index in [1.807, 2.05) is 12.1 Å². The molecule has 2 bridgehead atoms. The summed E-state index contributed by atoms with van der Waals surface area (Å²) < 4.78 is 0.845. The summed E-state index contributed by atoms with van der Waals surface area (Å²) >= 11 is 5.93. The van der Waals surface area contributed by atoms with Crippen molar-refractivity contribution in [2.45, 2.75) is 31.8 Å². The molecule has 1 unspecified atom stereocenters. The highest BCUT2D eigenvalue weighted by atomic mass is 35.5. The summed E-state index contributed by atoms with van der Waals surface area (Å²) in [7, 11) is 0. The number of rotatable bonds is 6. The molecule has 1 atom stereocenters. The zero-order valence-corrected chi connectivity index (χ0v) is 14.6. The van der Waals surface area contributed by atoms with E-state index in [1.165, 1.54) is 11.1 Å². The van der Waals surface area contributed by atoms with E-state index in [2.05, 4.69) is 18.2 Å². The highest BCUT2D eigenvalue weighted by Crippen LogP contribution is 2.38. The van der Waals surface area contributed by atoms with Gasteiger partial charge in [-0.25, -0.2) is 0 Å². The predicted octanol–water partition coefficient (Wildman–Crippen LogP) is 2.88. The SMILES string of the molecule is O=C(O)CC(O)C[N+]12CCC(CC1)C(=CCc1ccc(Cl)cc1)C2. The maximum Gasteiger partial charge on any atom is 0.306 e. The molecule has 3 fully saturated rings. The van der Waals surface area contributed by atoms with Gasteiger partial charge in [-0.1, -0.05) is 29.8 Å². The molecular weight excluding hydrogens is 326 g/mol. The maximum absolute atomic E-state index is 10.8. The Balaban J connectivity index is 1.66. The number of carbonyl (C=O) groups is 1. The molecule has 0 aliphatic carbocycles. The molecule has 1 aromatic carbocycles. The van der Waals surface area contributed by atoms with E-state index < -0.39 is 12.1 Å². The number of carboxylic acids is 1. The molecule has 130 valence electrons. The monoisotopic (exact) mass is 350 g/mol. The fraction of sp³-hybridized carbons (Fsp3) is 0.526. The number of carboxylic acid groups (broad SMARTS) is 1. The Bertz CT molecular complexity index is 618. The quantitative estimate of drug-likeness (QED) is 0.612. The lowest BCUT2D eigenvalue weighted by molar-refractivity contribution is -0.938. The average Bonchev–Trinajstić information content (AvgIpc) is 2.54. The van der Waals surface area contributed by atoms with E-state index >= 15 is 0 Å². The summed E-state index contributed by atoms with van der Waals surface area (Å²) in [4.78, 5) is 10.8. The van der Waals surface area contributed by atoms with Crippen molar-refractivity contribution in [3.63, 3.8) is 0 Å². The van der Waals surface area contributed by atoms with Crippen LogP contribution in [0.5, 0.6) is 0 Å². The van der Waals surface area contributed by atoms with E-state index in [-0.39, 0.29) is 6.42 Å². The van der Waals surface area contributed by atoms with Crippen LogP contribution in [-0.2, 0) is 11.2 Å². The van der Waals surface area contributed by atoms with Gasteiger partial charge in [-0.2, -0.15) is 0 Å². The van der Waals surface area contributed by atoms with Crippen LogP contribution in [0.3, 0.4) is 0 Å². The molecule has 0 spiro atoms. The van der Waals surface area contributed by atoms with Crippen LogP contribution in [0.4, 0.5) is 0 Å². The molecule has 0 amide bonds. The van der Waals surface area contributed by atoms with E-state index in [1.54, 1.807) is 0 Å². The largest absolute Gasteiger partial charge is 0.481 e. The van der Waals surface area contributed by atoms with Crippen LogP contribution >= 0.6 is 11.6 Å². The maximum atomic E-state index is 10.8. The molecule has 4 nitrogen and oxygen atoms in total. The molecule has 3 aliphatic heterocycles. The number of quaternary nitrogens is 1. The summed E-state index contributed by atoms with van der Waals surface area (Å²) in [6.07, 6.45) is 4.62. The molecule has 4 rings (SSSR count). The lowest BCUT2D eigenvalue weighted by Crippen LogP contribution is -2.61. The molecule has 1 aromatic rings. The third-order valence-electron chi connectivity index (χ3n) is 5.47. The van der Waals surface area contributed by atoms with E-state index in [0.717, 1.165) is 48.4 Å². The third-order valence-corrected chi connectivity index (χ3v) is 5.72. The van der Waals surface area contributed by atoms with Crippen molar-refractivity contribution in [1.29, 1.82) is 0 Å². The van der Waals surface area contributed by atoms with Crippen LogP contribution in [0.25, 0.3) is 0 Å². The molecule has 3 aliphatic rings. The highest BCUT2D eigenvalue weighted by Gasteiger charge is 2.43. The fourth-order valence-corrected chi connectivity index (χ4v) is 4.35. The van der Waals surface area contributed by atoms with E-state index in [4.69, 9.17) is 16.7 Å². The molecule has 0 radical (unpaired) electrons. The fourth-order valence-electron chi connectivity index (χ4n) is 4.22. The number of allylic oxidation sites excluding steroid dienone is 1. The summed E-state index contributed by atoms with van der Waals surface area (Å²) in [6, 6.07) is 7.95. The zero-order valence-electron chi connectivity index (χ0n) is 13.8. The number of aliphatic hydroxyl groups excluding tert-OH is 1. The van der Waals surface area contributed by atoms with Gasteiger partial charge in [0.2, 0.25) is 0 Å².